The third-order valence-corrected chi connectivity index (χ3v) is 4.14. The van der Waals surface area contributed by atoms with Crippen molar-refractivity contribution in [3.63, 3.8) is 0 Å². The predicted octanol–water partition coefficient (Wildman–Crippen LogP) is 2.79. The standard InChI is InChI=1S/C14H16N4OS/c1-8-5-6-15-11(7-8)18-14-16-9(2)12(20-14)13(19)17-10-3-4-10/h5-7,10H,3-4H2,1-2H3,(H,17,19)(H,15,16,18). The number of carbonyl (C=O) groups is 1. The van der Waals surface area contributed by atoms with Crippen molar-refractivity contribution < 1.29 is 4.79 Å². The van der Waals surface area contributed by atoms with E-state index in [2.05, 4.69) is 20.6 Å². The van der Waals surface area contributed by atoms with Gasteiger partial charge in [0.2, 0.25) is 0 Å². The molecule has 0 aromatic carbocycles. The van der Waals surface area contributed by atoms with Crippen LogP contribution >= 0.6 is 11.3 Å². The summed E-state index contributed by atoms with van der Waals surface area (Å²) in [4.78, 5) is 21.3. The molecule has 2 aromatic heterocycles. The number of aryl methyl sites for hydroxylation is 2. The van der Waals surface area contributed by atoms with Crippen LogP contribution in [0.15, 0.2) is 18.3 Å². The number of anilines is 2. The first-order valence-corrected chi connectivity index (χ1v) is 7.41. The van der Waals surface area contributed by atoms with Crippen molar-refractivity contribution in [2.75, 3.05) is 5.32 Å². The van der Waals surface area contributed by atoms with Gasteiger partial charge in [0.05, 0.1) is 5.69 Å². The number of amides is 1. The maximum Gasteiger partial charge on any atom is 0.263 e. The van der Waals surface area contributed by atoms with Crippen molar-refractivity contribution in [2.24, 2.45) is 0 Å². The molecule has 0 bridgehead atoms. The van der Waals surface area contributed by atoms with Crippen LogP contribution in [0.2, 0.25) is 0 Å². The van der Waals surface area contributed by atoms with Crippen LogP contribution in [0.25, 0.3) is 0 Å². The third-order valence-electron chi connectivity index (χ3n) is 3.07. The quantitative estimate of drug-likeness (QED) is 0.908. The molecule has 1 fully saturated rings. The first-order chi connectivity index (χ1) is 9.61. The summed E-state index contributed by atoms with van der Waals surface area (Å²) in [6, 6.07) is 4.24. The zero-order chi connectivity index (χ0) is 14.1. The van der Waals surface area contributed by atoms with E-state index < -0.39 is 0 Å². The number of nitrogens with one attached hydrogen (secondary N) is 2. The van der Waals surface area contributed by atoms with Crippen molar-refractivity contribution in [1.82, 2.24) is 15.3 Å². The third kappa shape index (κ3) is 2.96. The van der Waals surface area contributed by atoms with Gasteiger partial charge in [-0.1, -0.05) is 11.3 Å². The van der Waals surface area contributed by atoms with Gasteiger partial charge in [-0.15, -0.1) is 0 Å². The van der Waals surface area contributed by atoms with E-state index in [1.807, 2.05) is 26.0 Å². The van der Waals surface area contributed by atoms with Crippen molar-refractivity contribution in [3.8, 4) is 0 Å². The highest BCUT2D eigenvalue weighted by Gasteiger charge is 2.25. The largest absolute Gasteiger partial charge is 0.349 e. The van der Waals surface area contributed by atoms with E-state index in [9.17, 15) is 4.79 Å². The lowest BCUT2D eigenvalue weighted by Crippen LogP contribution is -2.25. The van der Waals surface area contributed by atoms with Crippen LogP contribution in [0.3, 0.4) is 0 Å². The second-order valence-electron chi connectivity index (χ2n) is 5.02. The Balaban J connectivity index is 1.76. The summed E-state index contributed by atoms with van der Waals surface area (Å²) < 4.78 is 0. The molecule has 0 spiro atoms. The minimum Gasteiger partial charge on any atom is -0.349 e. The molecule has 5 nitrogen and oxygen atoms in total. The maximum atomic E-state index is 12.1. The molecule has 2 N–H and O–H groups in total. The average molecular weight is 288 g/mol. The summed E-state index contributed by atoms with van der Waals surface area (Å²) in [5.41, 5.74) is 1.88. The van der Waals surface area contributed by atoms with E-state index in [0.29, 0.717) is 16.1 Å². The maximum absolute atomic E-state index is 12.1. The molecule has 0 aliphatic heterocycles. The molecule has 2 heterocycles. The second-order valence-corrected chi connectivity index (χ2v) is 6.02. The van der Waals surface area contributed by atoms with Gasteiger partial charge in [0.1, 0.15) is 10.7 Å². The van der Waals surface area contributed by atoms with Gasteiger partial charge in [0.15, 0.2) is 5.13 Å². The Morgan fingerprint density at radius 3 is 2.90 bits per heavy atom. The molecule has 20 heavy (non-hydrogen) atoms. The fourth-order valence-corrected chi connectivity index (χ4v) is 2.73. The summed E-state index contributed by atoms with van der Waals surface area (Å²) in [5, 5.41) is 6.83. The minimum absolute atomic E-state index is 0.0206. The Hall–Kier alpha value is -1.95. The molecule has 0 unspecified atom stereocenters. The lowest BCUT2D eigenvalue weighted by Gasteiger charge is -2.01. The van der Waals surface area contributed by atoms with Crippen LogP contribution < -0.4 is 10.6 Å². The normalized spacial score (nSPS) is 14.1. The van der Waals surface area contributed by atoms with E-state index in [-0.39, 0.29) is 5.91 Å². The molecule has 0 radical (unpaired) electrons. The van der Waals surface area contributed by atoms with Crippen molar-refractivity contribution in [1.29, 1.82) is 0 Å². The number of hydrogen-bond acceptors (Lipinski definition) is 5. The van der Waals surface area contributed by atoms with Crippen LogP contribution in [0.4, 0.5) is 10.9 Å². The molecular weight excluding hydrogens is 272 g/mol. The molecular formula is C14H16N4OS. The van der Waals surface area contributed by atoms with Gasteiger partial charge in [-0.3, -0.25) is 4.79 Å². The van der Waals surface area contributed by atoms with E-state index in [4.69, 9.17) is 0 Å². The van der Waals surface area contributed by atoms with Gasteiger partial charge >= 0.3 is 0 Å². The van der Waals surface area contributed by atoms with Crippen LogP contribution in [-0.4, -0.2) is 21.9 Å². The molecule has 3 rings (SSSR count). The minimum atomic E-state index is -0.0206. The van der Waals surface area contributed by atoms with Gasteiger partial charge in [-0.2, -0.15) is 0 Å². The topological polar surface area (TPSA) is 66.9 Å². The molecule has 0 saturated heterocycles. The Labute approximate surface area is 121 Å². The van der Waals surface area contributed by atoms with E-state index in [1.54, 1.807) is 6.20 Å². The smallest absolute Gasteiger partial charge is 0.263 e. The molecule has 1 aliphatic carbocycles. The zero-order valence-corrected chi connectivity index (χ0v) is 12.3. The first-order valence-electron chi connectivity index (χ1n) is 6.60. The van der Waals surface area contributed by atoms with Crippen LogP contribution in [0, 0.1) is 13.8 Å². The van der Waals surface area contributed by atoms with E-state index in [0.717, 1.165) is 29.9 Å². The monoisotopic (exact) mass is 288 g/mol. The van der Waals surface area contributed by atoms with Gasteiger partial charge in [0.25, 0.3) is 5.91 Å². The van der Waals surface area contributed by atoms with Crippen molar-refractivity contribution in [3.05, 3.63) is 34.5 Å². The fraction of sp³-hybridized carbons (Fsp3) is 0.357. The van der Waals surface area contributed by atoms with Gasteiger partial charge in [0, 0.05) is 12.2 Å². The molecule has 6 heteroatoms. The number of hydrogen-bond donors (Lipinski definition) is 2. The van der Waals surface area contributed by atoms with Crippen LogP contribution in [-0.2, 0) is 0 Å². The lowest BCUT2D eigenvalue weighted by atomic mass is 10.3. The molecule has 1 amide bonds. The van der Waals surface area contributed by atoms with Crippen molar-refractivity contribution in [2.45, 2.75) is 32.7 Å². The molecule has 1 saturated carbocycles. The summed E-state index contributed by atoms with van der Waals surface area (Å²) in [5.74, 6) is 0.723. The first kappa shape index (κ1) is 13.1. The van der Waals surface area contributed by atoms with Gasteiger partial charge in [-0.05, 0) is 44.4 Å². The van der Waals surface area contributed by atoms with E-state index in [1.165, 1.54) is 11.3 Å². The SMILES string of the molecule is Cc1ccnc(Nc2nc(C)c(C(=O)NC3CC3)s2)c1. The average Bonchev–Trinajstić information content (AvgIpc) is 3.12. The Morgan fingerprint density at radius 1 is 1.40 bits per heavy atom. The van der Waals surface area contributed by atoms with Gasteiger partial charge < -0.3 is 10.6 Å². The van der Waals surface area contributed by atoms with Gasteiger partial charge in [-0.25, -0.2) is 9.97 Å². The summed E-state index contributed by atoms with van der Waals surface area (Å²) >= 11 is 1.36. The van der Waals surface area contributed by atoms with Crippen molar-refractivity contribution >= 4 is 28.2 Å². The molecule has 1 aliphatic rings. The summed E-state index contributed by atoms with van der Waals surface area (Å²) in [7, 11) is 0. The highest BCUT2D eigenvalue weighted by Crippen LogP contribution is 2.26. The number of carbonyl (C=O) groups excluding carboxylic acids is 1. The number of rotatable bonds is 4. The molecule has 104 valence electrons. The molecule has 0 atom stereocenters. The van der Waals surface area contributed by atoms with Crippen LogP contribution in [0.5, 0.6) is 0 Å². The summed E-state index contributed by atoms with van der Waals surface area (Å²) in [6.07, 6.45) is 3.92. The highest BCUT2D eigenvalue weighted by atomic mass is 32.1. The Kier molecular flexibility index (Phi) is 3.40. The number of thiazole rings is 1. The Morgan fingerprint density at radius 2 is 2.20 bits per heavy atom. The highest BCUT2D eigenvalue weighted by molar-refractivity contribution is 7.17. The zero-order valence-electron chi connectivity index (χ0n) is 11.4. The van der Waals surface area contributed by atoms with E-state index >= 15 is 0 Å². The Bertz CT molecular complexity index is 648. The number of aromatic nitrogens is 2. The second kappa shape index (κ2) is 5.20. The lowest BCUT2D eigenvalue weighted by molar-refractivity contribution is 0.0954. The number of pyridine rings is 1. The fourth-order valence-electron chi connectivity index (χ4n) is 1.85. The number of nitrogens with zero attached hydrogens (tertiary/aromatic N) is 2. The molecule has 2 aromatic rings. The predicted molar refractivity (Wildman–Crippen MR) is 79.6 cm³/mol. The van der Waals surface area contributed by atoms with Crippen LogP contribution in [0.1, 0.15) is 33.8 Å². The summed E-state index contributed by atoms with van der Waals surface area (Å²) in [6.45, 7) is 3.86.